The molecule has 0 spiro atoms. The van der Waals surface area contributed by atoms with E-state index in [9.17, 15) is 25.2 Å². The van der Waals surface area contributed by atoms with Gasteiger partial charge < -0.3 is 24.8 Å². The first-order valence-corrected chi connectivity index (χ1v) is 5.98. The van der Waals surface area contributed by atoms with Crippen LogP contribution in [-0.4, -0.2) is 20.4 Å². The molecule has 0 unspecified atom stereocenters. The third-order valence-corrected chi connectivity index (χ3v) is 3.05. The molecule has 2 aromatic carbocycles. The standard InChI is InChI=1S/C15H10O6.Zn/c16-8-4-11(19)15-12(20)6-13(21-14(15)5-8)7-1-2-9(17)10(18)3-7;/h1-6,16-19H;. The Hall–Kier alpha value is -2.53. The average Bonchev–Trinajstić information content (AvgIpc) is 2.40. The molecule has 0 saturated heterocycles. The van der Waals surface area contributed by atoms with E-state index in [1.807, 2.05) is 0 Å². The molecule has 0 amide bonds. The van der Waals surface area contributed by atoms with Crippen molar-refractivity contribution in [3.63, 3.8) is 0 Å². The fraction of sp³-hybridized carbons (Fsp3) is 0. The van der Waals surface area contributed by atoms with Crippen molar-refractivity contribution in [2.75, 3.05) is 0 Å². The summed E-state index contributed by atoms with van der Waals surface area (Å²) in [6.07, 6.45) is 0. The van der Waals surface area contributed by atoms with Gasteiger partial charge in [0.05, 0.1) is 0 Å². The summed E-state index contributed by atoms with van der Waals surface area (Å²) in [4.78, 5) is 12.0. The van der Waals surface area contributed by atoms with Crippen molar-refractivity contribution in [2.45, 2.75) is 0 Å². The van der Waals surface area contributed by atoms with Crippen LogP contribution in [0, 0.1) is 0 Å². The Morgan fingerprint density at radius 3 is 2.23 bits per heavy atom. The van der Waals surface area contributed by atoms with Gasteiger partial charge in [-0.05, 0) is 18.2 Å². The molecule has 0 bridgehead atoms. The molecular formula is C15H10O6Zn. The predicted molar refractivity (Wildman–Crippen MR) is 74.6 cm³/mol. The van der Waals surface area contributed by atoms with Crippen molar-refractivity contribution >= 4 is 11.0 Å². The minimum atomic E-state index is -0.490. The van der Waals surface area contributed by atoms with Crippen molar-refractivity contribution in [3.8, 4) is 34.3 Å². The predicted octanol–water partition coefficient (Wildman–Crippen LogP) is 2.28. The zero-order chi connectivity index (χ0) is 15.1. The van der Waals surface area contributed by atoms with Crippen molar-refractivity contribution in [1.82, 2.24) is 0 Å². The SMILES string of the molecule is O=c1cc(-c2ccc(O)c(O)c2)oc2cc(O)cc(O)c12.[Zn]. The second-order valence-electron chi connectivity index (χ2n) is 4.52. The van der Waals surface area contributed by atoms with Gasteiger partial charge >= 0.3 is 0 Å². The molecule has 3 rings (SSSR count). The van der Waals surface area contributed by atoms with Crippen LogP contribution in [0.2, 0.25) is 0 Å². The molecule has 3 aromatic rings. The van der Waals surface area contributed by atoms with Gasteiger partial charge in [-0.25, -0.2) is 0 Å². The maximum atomic E-state index is 12.0. The Morgan fingerprint density at radius 2 is 1.55 bits per heavy atom. The second kappa shape index (κ2) is 5.69. The fourth-order valence-corrected chi connectivity index (χ4v) is 2.07. The van der Waals surface area contributed by atoms with Crippen molar-refractivity contribution in [1.29, 1.82) is 0 Å². The van der Waals surface area contributed by atoms with Gasteiger partial charge in [0.1, 0.15) is 28.2 Å². The van der Waals surface area contributed by atoms with Gasteiger partial charge in [-0.15, -0.1) is 0 Å². The summed E-state index contributed by atoms with van der Waals surface area (Å²) in [7, 11) is 0. The smallest absolute Gasteiger partial charge is 0.197 e. The van der Waals surface area contributed by atoms with E-state index in [2.05, 4.69) is 0 Å². The first-order chi connectivity index (χ1) is 9.95. The number of phenols is 4. The number of rotatable bonds is 1. The topological polar surface area (TPSA) is 111 Å². The molecule has 7 heteroatoms. The zero-order valence-corrected chi connectivity index (χ0v) is 14.2. The Labute approximate surface area is 136 Å². The third-order valence-electron chi connectivity index (χ3n) is 3.05. The first kappa shape index (κ1) is 15.9. The first-order valence-electron chi connectivity index (χ1n) is 5.98. The maximum Gasteiger partial charge on any atom is 0.197 e. The summed E-state index contributed by atoms with van der Waals surface area (Å²) in [5, 5.41) is 37.9. The van der Waals surface area contributed by atoms with Crippen LogP contribution in [0.4, 0.5) is 0 Å². The van der Waals surface area contributed by atoms with E-state index < -0.39 is 5.43 Å². The maximum absolute atomic E-state index is 12.0. The second-order valence-corrected chi connectivity index (χ2v) is 4.52. The van der Waals surface area contributed by atoms with E-state index in [-0.39, 0.29) is 59.2 Å². The number of fused-ring (bicyclic) bond motifs is 1. The molecule has 1 aromatic heterocycles. The Balaban J connectivity index is 0.00000176. The quantitative estimate of drug-likeness (QED) is 0.395. The van der Waals surface area contributed by atoms with Crippen LogP contribution in [0.15, 0.2) is 45.6 Å². The number of benzene rings is 2. The van der Waals surface area contributed by atoms with E-state index in [4.69, 9.17) is 4.42 Å². The molecule has 0 radical (unpaired) electrons. The summed E-state index contributed by atoms with van der Waals surface area (Å²) in [5.74, 6) is -1.13. The number of aromatic hydroxyl groups is 4. The van der Waals surface area contributed by atoms with Gasteiger partial charge in [-0.3, -0.25) is 4.79 Å². The molecule has 0 aliphatic heterocycles. The van der Waals surface area contributed by atoms with E-state index in [0.29, 0.717) is 5.56 Å². The summed E-state index contributed by atoms with van der Waals surface area (Å²) in [6, 6.07) is 7.37. The van der Waals surface area contributed by atoms with E-state index >= 15 is 0 Å². The monoisotopic (exact) mass is 350 g/mol. The summed E-state index contributed by atoms with van der Waals surface area (Å²) in [6.45, 7) is 0. The van der Waals surface area contributed by atoms with Crippen LogP contribution >= 0.6 is 0 Å². The van der Waals surface area contributed by atoms with Gasteiger partial charge in [0.2, 0.25) is 0 Å². The molecule has 0 aliphatic rings. The summed E-state index contributed by atoms with van der Waals surface area (Å²) < 4.78 is 5.47. The summed E-state index contributed by atoms with van der Waals surface area (Å²) in [5.41, 5.74) is -0.106. The van der Waals surface area contributed by atoms with Gasteiger partial charge in [-0.1, -0.05) is 0 Å². The van der Waals surface area contributed by atoms with Crippen LogP contribution in [-0.2, 0) is 19.5 Å². The Kier molecular flexibility index (Phi) is 4.10. The van der Waals surface area contributed by atoms with Gasteiger partial charge in [-0.2, -0.15) is 0 Å². The van der Waals surface area contributed by atoms with Crippen molar-refractivity contribution < 1.29 is 44.3 Å². The Bertz CT molecular complexity index is 916. The zero-order valence-electron chi connectivity index (χ0n) is 11.3. The van der Waals surface area contributed by atoms with Crippen LogP contribution in [0.25, 0.3) is 22.3 Å². The van der Waals surface area contributed by atoms with Gasteiger partial charge in [0.15, 0.2) is 16.9 Å². The van der Waals surface area contributed by atoms with Gasteiger partial charge in [0, 0.05) is 43.2 Å². The molecule has 0 fully saturated rings. The average molecular weight is 352 g/mol. The van der Waals surface area contributed by atoms with Crippen LogP contribution in [0.1, 0.15) is 0 Å². The van der Waals surface area contributed by atoms with Crippen LogP contribution < -0.4 is 5.43 Å². The fourth-order valence-electron chi connectivity index (χ4n) is 2.07. The van der Waals surface area contributed by atoms with E-state index in [1.54, 1.807) is 0 Å². The number of hydrogen-bond acceptors (Lipinski definition) is 6. The normalized spacial score (nSPS) is 10.4. The van der Waals surface area contributed by atoms with E-state index in [1.165, 1.54) is 24.3 Å². The molecule has 1 heterocycles. The van der Waals surface area contributed by atoms with E-state index in [0.717, 1.165) is 12.1 Å². The summed E-state index contributed by atoms with van der Waals surface area (Å²) >= 11 is 0. The van der Waals surface area contributed by atoms with Crippen LogP contribution in [0.5, 0.6) is 23.0 Å². The molecule has 4 N–H and O–H groups in total. The Morgan fingerprint density at radius 1 is 0.818 bits per heavy atom. The number of hydrogen-bond donors (Lipinski definition) is 4. The van der Waals surface area contributed by atoms with Crippen LogP contribution in [0.3, 0.4) is 0 Å². The third kappa shape index (κ3) is 2.63. The molecule has 22 heavy (non-hydrogen) atoms. The minimum Gasteiger partial charge on any atom is -0.508 e. The molecule has 6 nitrogen and oxygen atoms in total. The molecule has 0 saturated carbocycles. The molecule has 0 aliphatic carbocycles. The largest absolute Gasteiger partial charge is 0.508 e. The molecule has 108 valence electrons. The number of phenolic OH excluding ortho intramolecular Hbond substituents is 4. The molecule has 0 atom stereocenters. The molecular weight excluding hydrogens is 342 g/mol. The van der Waals surface area contributed by atoms with Gasteiger partial charge in [0.25, 0.3) is 0 Å². The van der Waals surface area contributed by atoms with Crippen molar-refractivity contribution in [3.05, 3.63) is 46.6 Å². The minimum absolute atomic E-state index is 0. The van der Waals surface area contributed by atoms with Crippen molar-refractivity contribution in [2.24, 2.45) is 0 Å².